The molecule has 4 rings (SSSR count). The van der Waals surface area contributed by atoms with E-state index >= 15 is 0 Å². The molecule has 3 N–H and O–H groups in total. The number of carbonyl (C=O) groups excluding carboxylic acids is 1. The average molecular weight is 488 g/mol. The van der Waals surface area contributed by atoms with E-state index in [2.05, 4.69) is 5.32 Å². The van der Waals surface area contributed by atoms with Crippen molar-refractivity contribution in [2.75, 3.05) is 13.1 Å². The van der Waals surface area contributed by atoms with Gasteiger partial charge < -0.3 is 15.1 Å². The van der Waals surface area contributed by atoms with E-state index in [1.54, 1.807) is 12.1 Å². The second-order valence-electron chi connectivity index (χ2n) is 7.95. The van der Waals surface area contributed by atoms with Crippen molar-refractivity contribution >= 4 is 46.4 Å². The average Bonchev–Trinajstić information content (AvgIpc) is 2.71. The molecule has 1 fully saturated rings. The molecule has 166 valence electrons. The molecule has 0 saturated carbocycles. The van der Waals surface area contributed by atoms with Gasteiger partial charge in [-0.1, -0.05) is 40.9 Å². The van der Waals surface area contributed by atoms with Gasteiger partial charge in [0.25, 0.3) is 11.5 Å². The number of rotatable bonds is 4. The van der Waals surface area contributed by atoms with Crippen LogP contribution < -0.4 is 16.1 Å². The molecule has 1 aromatic carbocycles. The van der Waals surface area contributed by atoms with Crippen LogP contribution in [0.3, 0.4) is 0 Å². The van der Waals surface area contributed by atoms with Gasteiger partial charge in [0.1, 0.15) is 6.17 Å². The topological polar surface area (TPSA) is 102 Å². The van der Waals surface area contributed by atoms with Crippen LogP contribution in [0.5, 0.6) is 0 Å². The number of fused-ring (bicyclic) bond motifs is 4. The fourth-order valence-corrected chi connectivity index (χ4v) is 5.07. The van der Waals surface area contributed by atoms with Gasteiger partial charge in [0.2, 0.25) is 3.79 Å². The Hall–Kier alpha value is -1.65. The first-order valence-electron chi connectivity index (χ1n) is 9.78. The first kappa shape index (κ1) is 22.5. The van der Waals surface area contributed by atoms with E-state index in [1.807, 2.05) is 15.5 Å². The minimum absolute atomic E-state index is 0.0170. The van der Waals surface area contributed by atoms with Gasteiger partial charge in [-0.15, -0.1) is 0 Å². The van der Waals surface area contributed by atoms with E-state index in [0.29, 0.717) is 19.6 Å². The van der Waals surface area contributed by atoms with Crippen LogP contribution in [0, 0.1) is 11.1 Å². The molecule has 0 aliphatic carbocycles. The molecule has 1 unspecified atom stereocenters. The molecule has 1 amide bonds. The first-order chi connectivity index (χ1) is 14.6. The number of amides is 1. The Kier molecular flexibility index (Phi) is 6.33. The third-order valence-corrected chi connectivity index (χ3v) is 6.47. The summed E-state index contributed by atoms with van der Waals surface area (Å²) in [6.07, 6.45) is 0.0355. The molecule has 1 saturated heterocycles. The predicted molar refractivity (Wildman–Crippen MR) is 117 cm³/mol. The maximum absolute atomic E-state index is 12.8. The lowest BCUT2D eigenvalue weighted by atomic mass is 9.83. The van der Waals surface area contributed by atoms with Crippen molar-refractivity contribution in [3.05, 3.63) is 69.3 Å². The molecule has 0 spiro atoms. The van der Waals surface area contributed by atoms with Gasteiger partial charge in [-0.05, 0) is 30.5 Å². The second-order valence-corrected chi connectivity index (χ2v) is 10.3. The number of hydrogen-bond donors (Lipinski definition) is 3. The summed E-state index contributed by atoms with van der Waals surface area (Å²) in [4.78, 5) is 27.0. The van der Waals surface area contributed by atoms with Crippen LogP contribution in [0.15, 0.2) is 47.3 Å². The van der Waals surface area contributed by atoms with Crippen LogP contribution in [-0.2, 0) is 6.54 Å². The number of halogens is 3. The summed E-state index contributed by atoms with van der Waals surface area (Å²) in [7, 11) is 0. The number of nitrogens with zero attached hydrogens (tertiary/aromatic N) is 2. The summed E-state index contributed by atoms with van der Waals surface area (Å²) in [6, 6.07) is 10.8. The zero-order chi connectivity index (χ0) is 22.3. The van der Waals surface area contributed by atoms with Crippen LogP contribution in [0.4, 0.5) is 5.69 Å². The van der Waals surface area contributed by atoms with E-state index < -0.39 is 21.1 Å². The Morgan fingerprint density at radius 3 is 2.52 bits per heavy atom. The van der Waals surface area contributed by atoms with E-state index in [-0.39, 0.29) is 28.6 Å². The number of benzene rings is 1. The van der Waals surface area contributed by atoms with E-state index in [4.69, 9.17) is 40.0 Å². The van der Waals surface area contributed by atoms with E-state index in [9.17, 15) is 14.8 Å². The highest BCUT2D eigenvalue weighted by Crippen LogP contribution is 2.40. The van der Waals surface area contributed by atoms with Crippen LogP contribution in [-0.4, -0.2) is 43.6 Å². The van der Waals surface area contributed by atoms with Crippen molar-refractivity contribution in [3.63, 3.8) is 0 Å². The van der Waals surface area contributed by atoms with Crippen molar-refractivity contribution in [2.24, 2.45) is 5.92 Å². The molecular formula is C20H21Cl3N4O4. The molecule has 8 nitrogen and oxygen atoms in total. The van der Waals surface area contributed by atoms with Crippen LogP contribution in [0.25, 0.3) is 0 Å². The highest BCUT2D eigenvalue weighted by Gasteiger charge is 2.44. The molecule has 2 aliphatic rings. The molecule has 1 aromatic heterocycles. The van der Waals surface area contributed by atoms with Crippen LogP contribution in [0.2, 0.25) is 0 Å². The van der Waals surface area contributed by atoms with Crippen molar-refractivity contribution in [1.29, 1.82) is 0 Å². The Morgan fingerprint density at radius 2 is 1.87 bits per heavy atom. The lowest BCUT2D eigenvalue weighted by Crippen LogP contribution is -2.99. The normalized spacial score (nSPS) is 23.0. The largest absolute Gasteiger partial charge is 0.595 e. The lowest BCUT2D eigenvalue weighted by Gasteiger charge is -2.47. The SMILES string of the molecule is O=C(N[C@H](N1C[C@H]2C[C@H](C1)c1cccc(=O)n1C2)C(Cl)(Cl)Cl)c1ccc([NH+]([O-])O)cc1. The molecular weight excluding hydrogens is 467 g/mol. The number of alkyl halides is 3. The third kappa shape index (κ3) is 4.75. The minimum atomic E-state index is -1.79. The van der Waals surface area contributed by atoms with Crippen molar-refractivity contribution in [3.8, 4) is 0 Å². The van der Waals surface area contributed by atoms with E-state index in [0.717, 1.165) is 12.1 Å². The summed E-state index contributed by atoms with van der Waals surface area (Å²) in [6.45, 7) is 1.67. The Bertz CT molecular complexity index is 1020. The minimum Gasteiger partial charge on any atom is -0.595 e. The maximum Gasteiger partial charge on any atom is 0.252 e. The molecule has 11 heteroatoms. The van der Waals surface area contributed by atoms with Crippen LogP contribution >= 0.6 is 34.8 Å². The number of likely N-dealkylation sites (tertiary alicyclic amines) is 1. The number of carbonyl (C=O) groups is 1. The highest BCUT2D eigenvalue weighted by atomic mass is 35.6. The van der Waals surface area contributed by atoms with E-state index in [1.165, 1.54) is 24.3 Å². The first-order valence-corrected chi connectivity index (χ1v) is 10.9. The van der Waals surface area contributed by atoms with Crippen molar-refractivity contribution in [2.45, 2.75) is 28.8 Å². The van der Waals surface area contributed by atoms with Gasteiger partial charge in [-0.25, -0.2) is 5.21 Å². The smallest absolute Gasteiger partial charge is 0.252 e. The highest BCUT2D eigenvalue weighted by molar-refractivity contribution is 6.68. The molecule has 3 heterocycles. The van der Waals surface area contributed by atoms with Crippen LogP contribution in [0.1, 0.15) is 28.4 Å². The Labute approximate surface area is 193 Å². The standard InChI is InChI=1S/C20H21Cl3N4O4/c21-20(22,23)19(24-18(29)13-4-6-15(7-5-13)27(30)31)25-9-12-8-14(11-25)16-2-1-3-17(28)26(16)10-12/h1-7,12,14,19,27,30H,8-11H2,(H,24,29)/t12-,14-,19-/m1/s1. The Balaban J connectivity index is 1.55. The third-order valence-electron chi connectivity index (χ3n) is 5.85. The fourth-order valence-electron chi connectivity index (χ4n) is 4.50. The van der Waals surface area contributed by atoms with Gasteiger partial charge in [0, 0.05) is 55.0 Å². The van der Waals surface area contributed by atoms with Crippen molar-refractivity contribution < 1.29 is 15.2 Å². The zero-order valence-electron chi connectivity index (χ0n) is 16.3. The maximum atomic E-state index is 12.8. The molecule has 2 aromatic rings. The number of nitrogens with one attached hydrogen (secondary N) is 2. The molecule has 2 aliphatic heterocycles. The molecule has 4 atom stereocenters. The van der Waals surface area contributed by atoms with Gasteiger partial charge in [0.15, 0.2) is 5.69 Å². The second kappa shape index (κ2) is 8.71. The summed E-state index contributed by atoms with van der Waals surface area (Å²) in [5.74, 6) is -0.198. The summed E-state index contributed by atoms with van der Waals surface area (Å²) >= 11 is 18.8. The molecule has 0 radical (unpaired) electrons. The fraction of sp³-hybridized carbons (Fsp3) is 0.400. The van der Waals surface area contributed by atoms with Gasteiger partial charge in [0.05, 0.1) is 0 Å². The quantitative estimate of drug-likeness (QED) is 0.451. The summed E-state index contributed by atoms with van der Waals surface area (Å²) in [5.41, 5.74) is 1.27. The van der Waals surface area contributed by atoms with Gasteiger partial charge in [-0.3, -0.25) is 14.5 Å². The molecule has 31 heavy (non-hydrogen) atoms. The van der Waals surface area contributed by atoms with Gasteiger partial charge >= 0.3 is 0 Å². The monoisotopic (exact) mass is 486 g/mol. The van der Waals surface area contributed by atoms with Crippen molar-refractivity contribution in [1.82, 2.24) is 14.8 Å². The molecule has 2 bridgehead atoms. The summed E-state index contributed by atoms with van der Waals surface area (Å²) < 4.78 is 0.0156. The number of hydrogen-bond acceptors (Lipinski definition) is 5. The lowest BCUT2D eigenvalue weighted by molar-refractivity contribution is -0.991. The predicted octanol–water partition coefficient (Wildman–Crippen LogP) is 1.80. The number of piperidine rings is 1. The number of quaternary nitrogens is 1. The Morgan fingerprint density at radius 1 is 1.16 bits per heavy atom. The number of pyridine rings is 1. The number of aromatic nitrogens is 1. The summed E-state index contributed by atoms with van der Waals surface area (Å²) in [5, 5.41) is 21.8. The zero-order valence-corrected chi connectivity index (χ0v) is 18.6. The van der Waals surface area contributed by atoms with Gasteiger partial charge in [-0.2, -0.15) is 5.23 Å².